The molecule has 0 saturated heterocycles. The number of ether oxygens (including phenoxy) is 1. The largest absolute Gasteiger partial charge is 0.496 e. The van der Waals surface area contributed by atoms with Crippen LogP contribution >= 0.6 is 0 Å². The molecule has 19 heavy (non-hydrogen) atoms. The summed E-state index contributed by atoms with van der Waals surface area (Å²) in [5.74, 6) is 1.06. The lowest BCUT2D eigenvalue weighted by Gasteiger charge is -2.24. The second-order valence-electron chi connectivity index (χ2n) is 5.08. The van der Waals surface area contributed by atoms with Gasteiger partial charge >= 0.3 is 0 Å². The van der Waals surface area contributed by atoms with Gasteiger partial charge < -0.3 is 9.30 Å². The maximum atomic E-state index is 11.7. The van der Waals surface area contributed by atoms with Crippen LogP contribution in [0.2, 0.25) is 0 Å². The Morgan fingerprint density at radius 1 is 1.26 bits per heavy atom. The molecule has 1 aliphatic rings. The van der Waals surface area contributed by atoms with E-state index in [1.807, 2.05) is 12.1 Å². The molecule has 98 valence electrons. The van der Waals surface area contributed by atoms with Gasteiger partial charge in [0, 0.05) is 24.6 Å². The number of aryl methyl sites for hydroxylation is 1. The molecule has 0 aliphatic carbocycles. The van der Waals surface area contributed by atoms with Gasteiger partial charge in [0.2, 0.25) is 0 Å². The Morgan fingerprint density at radius 3 is 2.74 bits per heavy atom. The van der Waals surface area contributed by atoms with Crippen LogP contribution in [0.4, 0.5) is 0 Å². The summed E-state index contributed by atoms with van der Waals surface area (Å²) < 4.78 is 7.64. The Bertz CT molecular complexity index is 668. The summed E-state index contributed by atoms with van der Waals surface area (Å²) >= 11 is 0. The minimum atomic E-state index is 0.112. The highest BCUT2D eigenvalue weighted by molar-refractivity contribution is 5.92. The molecule has 0 bridgehead atoms. The fourth-order valence-electron chi connectivity index (χ4n) is 2.92. The Balaban J connectivity index is 2.14. The molecule has 0 saturated carbocycles. The van der Waals surface area contributed by atoms with Crippen molar-refractivity contribution in [3.8, 4) is 5.75 Å². The van der Waals surface area contributed by atoms with E-state index in [2.05, 4.69) is 23.6 Å². The molecule has 1 aromatic carbocycles. The van der Waals surface area contributed by atoms with E-state index >= 15 is 0 Å². The third kappa shape index (κ3) is 1.77. The lowest BCUT2D eigenvalue weighted by atomic mass is 9.96. The number of hydrogen-bond donors (Lipinski definition) is 0. The van der Waals surface area contributed by atoms with E-state index in [0.29, 0.717) is 0 Å². The molecule has 2 aromatic rings. The van der Waals surface area contributed by atoms with E-state index in [1.165, 1.54) is 16.8 Å². The molecule has 2 heterocycles. The molecule has 3 rings (SSSR count). The predicted molar refractivity (Wildman–Crippen MR) is 74.1 cm³/mol. The van der Waals surface area contributed by atoms with Gasteiger partial charge in [-0.1, -0.05) is 12.1 Å². The minimum Gasteiger partial charge on any atom is -0.496 e. The van der Waals surface area contributed by atoms with Crippen LogP contribution in [0.1, 0.15) is 39.8 Å². The van der Waals surface area contributed by atoms with Gasteiger partial charge in [-0.3, -0.25) is 4.79 Å². The van der Waals surface area contributed by atoms with Crippen molar-refractivity contribution >= 4 is 5.78 Å². The van der Waals surface area contributed by atoms with Crippen LogP contribution in [-0.2, 0) is 13.0 Å². The number of nitrogens with zero attached hydrogens (tertiary/aromatic N) is 1. The quantitative estimate of drug-likeness (QED) is 0.659. The standard InChI is InChI=1S/C16H17NO2/c1-10-4-5-12-8-13-6-7-15(11(2)18)17(13)9-14(12)16(10)19-3/h4-7H,8-9H2,1-3H3. The summed E-state index contributed by atoms with van der Waals surface area (Å²) in [5.41, 5.74) is 5.62. The summed E-state index contributed by atoms with van der Waals surface area (Å²) in [5, 5.41) is 0. The molecule has 1 aliphatic heterocycles. The van der Waals surface area contributed by atoms with Crippen LogP contribution in [-0.4, -0.2) is 17.5 Å². The number of rotatable bonds is 2. The van der Waals surface area contributed by atoms with Crippen LogP contribution in [0.15, 0.2) is 24.3 Å². The highest BCUT2D eigenvalue weighted by Crippen LogP contribution is 2.33. The summed E-state index contributed by atoms with van der Waals surface area (Å²) in [6, 6.07) is 8.23. The number of methoxy groups -OCH3 is 1. The molecular formula is C16H17NO2. The number of hydrogen-bond acceptors (Lipinski definition) is 2. The van der Waals surface area contributed by atoms with Crippen LogP contribution in [0.25, 0.3) is 0 Å². The molecular weight excluding hydrogens is 238 g/mol. The first-order chi connectivity index (χ1) is 9.11. The van der Waals surface area contributed by atoms with Crippen LogP contribution in [0.3, 0.4) is 0 Å². The molecule has 0 radical (unpaired) electrons. The summed E-state index contributed by atoms with van der Waals surface area (Å²) in [6.45, 7) is 4.39. The fraction of sp³-hybridized carbons (Fsp3) is 0.312. The summed E-state index contributed by atoms with van der Waals surface area (Å²) in [6.07, 6.45) is 0.860. The molecule has 0 atom stereocenters. The molecule has 3 nitrogen and oxygen atoms in total. The monoisotopic (exact) mass is 255 g/mol. The average Bonchev–Trinajstić information content (AvgIpc) is 2.79. The number of fused-ring (bicyclic) bond motifs is 2. The highest BCUT2D eigenvalue weighted by atomic mass is 16.5. The first kappa shape index (κ1) is 12.0. The molecule has 3 heteroatoms. The molecule has 0 unspecified atom stereocenters. The van der Waals surface area contributed by atoms with Gasteiger partial charge in [-0.2, -0.15) is 0 Å². The van der Waals surface area contributed by atoms with Gasteiger partial charge in [0.1, 0.15) is 5.75 Å². The Kier molecular flexibility index (Phi) is 2.70. The molecule has 0 spiro atoms. The average molecular weight is 255 g/mol. The van der Waals surface area contributed by atoms with Crippen molar-refractivity contribution in [1.29, 1.82) is 0 Å². The zero-order valence-electron chi connectivity index (χ0n) is 11.5. The zero-order chi connectivity index (χ0) is 13.6. The van der Waals surface area contributed by atoms with E-state index in [-0.39, 0.29) is 5.78 Å². The summed E-state index contributed by atoms with van der Waals surface area (Å²) in [4.78, 5) is 11.7. The van der Waals surface area contributed by atoms with Gasteiger partial charge in [0.25, 0.3) is 0 Å². The zero-order valence-corrected chi connectivity index (χ0v) is 11.5. The van der Waals surface area contributed by atoms with Crippen LogP contribution < -0.4 is 4.74 Å². The SMILES string of the molecule is COc1c(C)ccc2c1Cn1c(ccc1C(C)=O)C2. The van der Waals surface area contributed by atoms with Gasteiger partial charge in [-0.05, 0) is 30.2 Å². The van der Waals surface area contributed by atoms with Gasteiger partial charge in [0.15, 0.2) is 5.78 Å². The second kappa shape index (κ2) is 4.26. The molecule has 0 fully saturated rings. The first-order valence-corrected chi connectivity index (χ1v) is 6.46. The van der Waals surface area contributed by atoms with Gasteiger partial charge in [0.05, 0.1) is 19.3 Å². The van der Waals surface area contributed by atoms with Crippen molar-refractivity contribution in [2.24, 2.45) is 0 Å². The van der Waals surface area contributed by atoms with E-state index in [4.69, 9.17) is 4.74 Å². The molecule has 0 N–H and O–H groups in total. The number of carbonyl (C=O) groups is 1. The smallest absolute Gasteiger partial charge is 0.176 e. The van der Waals surface area contributed by atoms with Crippen molar-refractivity contribution in [2.75, 3.05) is 7.11 Å². The van der Waals surface area contributed by atoms with Crippen LogP contribution in [0.5, 0.6) is 5.75 Å². The highest BCUT2D eigenvalue weighted by Gasteiger charge is 2.22. The van der Waals surface area contributed by atoms with E-state index in [0.717, 1.165) is 30.0 Å². The van der Waals surface area contributed by atoms with E-state index in [1.54, 1.807) is 14.0 Å². The maximum absolute atomic E-state index is 11.7. The van der Waals surface area contributed by atoms with Gasteiger partial charge in [-0.15, -0.1) is 0 Å². The van der Waals surface area contributed by atoms with Crippen molar-refractivity contribution in [3.63, 3.8) is 0 Å². The molecule has 0 amide bonds. The molecule has 1 aromatic heterocycles. The second-order valence-corrected chi connectivity index (χ2v) is 5.08. The third-order valence-electron chi connectivity index (χ3n) is 3.88. The van der Waals surface area contributed by atoms with Crippen molar-refractivity contribution in [2.45, 2.75) is 26.8 Å². The van der Waals surface area contributed by atoms with E-state index in [9.17, 15) is 4.79 Å². The van der Waals surface area contributed by atoms with Gasteiger partial charge in [-0.25, -0.2) is 0 Å². The number of ketones is 1. The number of carbonyl (C=O) groups excluding carboxylic acids is 1. The van der Waals surface area contributed by atoms with Crippen molar-refractivity contribution in [3.05, 3.63) is 52.3 Å². The normalized spacial score (nSPS) is 12.8. The topological polar surface area (TPSA) is 31.2 Å². The number of benzene rings is 1. The number of Topliss-reactive ketones (excluding diaryl/α,β-unsaturated/α-hetero) is 1. The Labute approximate surface area is 112 Å². The Hall–Kier alpha value is -2.03. The lowest BCUT2D eigenvalue weighted by Crippen LogP contribution is -2.18. The minimum absolute atomic E-state index is 0.112. The lowest BCUT2D eigenvalue weighted by molar-refractivity contribution is 0.100. The van der Waals surface area contributed by atoms with Crippen molar-refractivity contribution < 1.29 is 9.53 Å². The Morgan fingerprint density at radius 2 is 2.05 bits per heavy atom. The fourth-order valence-corrected chi connectivity index (χ4v) is 2.92. The third-order valence-corrected chi connectivity index (χ3v) is 3.88. The van der Waals surface area contributed by atoms with E-state index < -0.39 is 0 Å². The first-order valence-electron chi connectivity index (χ1n) is 6.46. The van der Waals surface area contributed by atoms with Crippen LogP contribution in [0, 0.1) is 6.92 Å². The van der Waals surface area contributed by atoms with Crippen molar-refractivity contribution in [1.82, 2.24) is 4.57 Å². The predicted octanol–water partition coefficient (Wildman–Crippen LogP) is 2.96. The number of aromatic nitrogens is 1. The summed E-state index contributed by atoms with van der Waals surface area (Å²) in [7, 11) is 1.71. The maximum Gasteiger partial charge on any atom is 0.176 e.